The molecule has 0 saturated carbocycles. The summed E-state index contributed by atoms with van der Waals surface area (Å²) in [4.78, 5) is 4.51. The third kappa shape index (κ3) is 4.43. The number of rotatable bonds is 7. The quantitative estimate of drug-likeness (QED) is 0.318. The lowest BCUT2D eigenvalue weighted by Crippen LogP contribution is -1.89. The normalized spacial score (nSPS) is 10.7. The summed E-state index contributed by atoms with van der Waals surface area (Å²) in [7, 11) is 4.83. The van der Waals surface area contributed by atoms with E-state index in [4.69, 9.17) is 18.6 Å². The fourth-order valence-electron chi connectivity index (χ4n) is 3.49. The van der Waals surface area contributed by atoms with Crippen LogP contribution in [0.5, 0.6) is 17.2 Å². The largest absolute Gasteiger partial charge is 0.497 e. The molecule has 3 aromatic carbocycles. The van der Waals surface area contributed by atoms with Gasteiger partial charge in [0.1, 0.15) is 34.6 Å². The predicted octanol–water partition coefficient (Wildman–Crippen LogP) is 6.26. The van der Waals surface area contributed by atoms with E-state index in [-0.39, 0.29) is 5.88 Å². The molecule has 0 radical (unpaired) electrons. The van der Waals surface area contributed by atoms with Gasteiger partial charge in [0.05, 0.1) is 21.3 Å². The Balaban J connectivity index is 1.88. The highest BCUT2D eigenvalue weighted by atomic mass is 16.5. The van der Waals surface area contributed by atoms with E-state index in [9.17, 15) is 5.26 Å². The number of aliphatic imine (C=N–C) groups is 1. The van der Waals surface area contributed by atoms with Gasteiger partial charge in [-0.2, -0.15) is 5.26 Å². The number of methoxy groups -OCH3 is 3. The van der Waals surface area contributed by atoms with E-state index in [1.165, 1.54) is 0 Å². The maximum Gasteiger partial charge on any atom is 0.238 e. The molecule has 0 aliphatic carbocycles. The van der Waals surface area contributed by atoms with E-state index in [1.807, 2.05) is 72.8 Å². The van der Waals surface area contributed by atoms with Gasteiger partial charge in [-0.3, -0.25) is 0 Å². The van der Waals surface area contributed by atoms with E-state index < -0.39 is 0 Å². The van der Waals surface area contributed by atoms with Crippen molar-refractivity contribution in [2.75, 3.05) is 21.3 Å². The van der Waals surface area contributed by atoms with Crippen LogP contribution in [-0.4, -0.2) is 27.5 Å². The van der Waals surface area contributed by atoms with Crippen molar-refractivity contribution in [2.45, 2.75) is 0 Å². The first-order chi connectivity index (χ1) is 16.2. The Morgan fingerprint density at radius 1 is 0.788 bits per heavy atom. The summed E-state index contributed by atoms with van der Waals surface area (Å²) in [6, 6.07) is 24.7. The molecule has 0 amide bonds. The Kier molecular flexibility index (Phi) is 6.42. The number of ether oxygens (including phenoxy) is 3. The third-order valence-electron chi connectivity index (χ3n) is 5.19. The SMILES string of the molecule is COc1ccc(-c2oc(/N=C/c3ccccc3OC)c(C#N)c2-c2ccc(OC)cc2)cc1. The van der Waals surface area contributed by atoms with Gasteiger partial charge in [0, 0.05) is 22.9 Å². The van der Waals surface area contributed by atoms with Crippen molar-refractivity contribution in [3.05, 3.63) is 83.9 Å². The molecule has 0 saturated heterocycles. The molecule has 0 spiro atoms. The number of hydrogen-bond donors (Lipinski definition) is 0. The average Bonchev–Trinajstić information content (AvgIpc) is 3.26. The second kappa shape index (κ2) is 9.75. The molecule has 0 aliphatic rings. The van der Waals surface area contributed by atoms with Gasteiger partial charge in [-0.1, -0.05) is 24.3 Å². The predicted molar refractivity (Wildman–Crippen MR) is 128 cm³/mol. The maximum atomic E-state index is 10.0. The number of para-hydroxylation sites is 1. The van der Waals surface area contributed by atoms with Gasteiger partial charge in [0.15, 0.2) is 0 Å². The van der Waals surface area contributed by atoms with Gasteiger partial charge in [-0.15, -0.1) is 0 Å². The second-order valence-corrected chi connectivity index (χ2v) is 7.06. The van der Waals surface area contributed by atoms with E-state index in [1.54, 1.807) is 27.5 Å². The molecule has 0 bridgehead atoms. The number of hydrogen-bond acceptors (Lipinski definition) is 6. The van der Waals surface area contributed by atoms with Gasteiger partial charge in [-0.05, 0) is 54.1 Å². The zero-order chi connectivity index (χ0) is 23.2. The maximum absolute atomic E-state index is 10.0. The van der Waals surface area contributed by atoms with Crippen LogP contribution in [0.2, 0.25) is 0 Å². The van der Waals surface area contributed by atoms with Crippen molar-refractivity contribution < 1.29 is 18.6 Å². The van der Waals surface area contributed by atoms with Crippen molar-refractivity contribution in [2.24, 2.45) is 4.99 Å². The molecule has 1 heterocycles. The van der Waals surface area contributed by atoms with Gasteiger partial charge in [0.2, 0.25) is 5.88 Å². The fourth-order valence-corrected chi connectivity index (χ4v) is 3.49. The van der Waals surface area contributed by atoms with Crippen LogP contribution >= 0.6 is 0 Å². The molecular formula is C27H22N2O4. The molecule has 6 nitrogen and oxygen atoms in total. The summed E-state index contributed by atoms with van der Waals surface area (Å²) < 4.78 is 22.1. The molecule has 0 unspecified atom stereocenters. The summed E-state index contributed by atoms with van der Waals surface area (Å²) in [6.45, 7) is 0. The zero-order valence-corrected chi connectivity index (χ0v) is 18.5. The topological polar surface area (TPSA) is 77.0 Å². The fraction of sp³-hybridized carbons (Fsp3) is 0.111. The molecule has 0 aliphatic heterocycles. The van der Waals surface area contributed by atoms with E-state index in [0.717, 1.165) is 28.2 Å². The summed E-state index contributed by atoms with van der Waals surface area (Å²) in [5.41, 5.74) is 3.41. The summed E-state index contributed by atoms with van der Waals surface area (Å²) in [5.74, 6) is 2.90. The van der Waals surface area contributed by atoms with Crippen LogP contribution in [0.1, 0.15) is 11.1 Å². The third-order valence-corrected chi connectivity index (χ3v) is 5.19. The van der Waals surface area contributed by atoms with Crippen molar-refractivity contribution in [3.63, 3.8) is 0 Å². The van der Waals surface area contributed by atoms with Gasteiger partial charge in [0.25, 0.3) is 0 Å². The monoisotopic (exact) mass is 438 g/mol. The Labute approximate surface area is 192 Å². The van der Waals surface area contributed by atoms with Crippen molar-refractivity contribution in [3.8, 4) is 45.8 Å². The van der Waals surface area contributed by atoms with Crippen LogP contribution < -0.4 is 14.2 Å². The Morgan fingerprint density at radius 2 is 1.39 bits per heavy atom. The Hall–Kier alpha value is -4.50. The first-order valence-corrected chi connectivity index (χ1v) is 10.2. The van der Waals surface area contributed by atoms with E-state index >= 15 is 0 Å². The standard InChI is InChI=1S/C27H22N2O4/c1-30-21-12-8-18(9-13-21)25-23(16-28)27(29-17-20-6-4-5-7-24(20)32-3)33-26(25)19-10-14-22(31-2)15-11-19/h4-15,17H,1-3H3/b29-17+. The molecule has 6 heteroatoms. The number of furan rings is 1. The lowest BCUT2D eigenvalue weighted by Gasteiger charge is -2.06. The Bertz CT molecular complexity index is 1310. The van der Waals surface area contributed by atoms with Crippen LogP contribution in [0.15, 0.2) is 82.2 Å². The molecule has 33 heavy (non-hydrogen) atoms. The minimum Gasteiger partial charge on any atom is -0.497 e. The minimum absolute atomic E-state index is 0.222. The lowest BCUT2D eigenvalue weighted by atomic mass is 9.98. The smallest absolute Gasteiger partial charge is 0.238 e. The first kappa shape index (κ1) is 21.7. The second-order valence-electron chi connectivity index (χ2n) is 7.06. The summed E-state index contributed by atoms with van der Waals surface area (Å²) in [5, 5.41) is 10.0. The highest BCUT2D eigenvalue weighted by Gasteiger charge is 2.23. The number of nitrogens with zero attached hydrogens (tertiary/aromatic N) is 2. The highest BCUT2D eigenvalue weighted by molar-refractivity contribution is 5.90. The zero-order valence-electron chi connectivity index (χ0n) is 18.5. The van der Waals surface area contributed by atoms with Gasteiger partial charge in [-0.25, -0.2) is 4.99 Å². The summed E-state index contributed by atoms with van der Waals surface area (Å²) in [6.07, 6.45) is 1.63. The number of benzene rings is 3. The highest BCUT2D eigenvalue weighted by Crippen LogP contribution is 2.43. The van der Waals surface area contributed by atoms with Gasteiger partial charge >= 0.3 is 0 Å². The van der Waals surface area contributed by atoms with Crippen LogP contribution in [0.25, 0.3) is 22.5 Å². The average molecular weight is 438 g/mol. The summed E-state index contributed by atoms with van der Waals surface area (Å²) >= 11 is 0. The molecule has 0 fully saturated rings. The molecule has 4 aromatic rings. The van der Waals surface area contributed by atoms with Crippen molar-refractivity contribution in [1.29, 1.82) is 5.26 Å². The van der Waals surface area contributed by atoms with Crippen LogP contribution in [0, 0.1) is 11.3 Å². The molecular weight excluding hydrogens is 416 g/mol. The molecule has 0 atom stereocenters. The Morgan fingerprint density at radius 3 is 1.97 bits per heavy atom. The molecule has 4 rings (SSSR count). The first-order valence-electron chi connectivity index (χ1n) is 10.2. The number of nitriles is 1. The van der Waals surface area contributed by atoms with E-state index in [2.05, 4.69) is 11.1 Å². The van der Waals surface area contributed by atoms with E-state index in [0.29, 0.717) is 22.6 Å². The minimum atomic E-state index is 0.222. The van der Waals surface area contributed by atoms with Crippen LogP contribution in [0.3, 0.4) is 0 Å². The molecule has 1 aromatic heterocycles. The lowest BCUT2D eigenvalue weighted by molar-refractivity contribution is 0.414. The van der Waals surface area contributed by atoms with Gasteiger partial charge < -0.3 is 18.6 Å². The van der Waals surface area contributed by atoms with Crippen LogP contribution in [-0.2, 0) is 0 Å². The van der Waals surface area contributed by atoms with Crippen molar-refractivity contribution >= 4 is 12.1 Å². The molecule has 0 N–H and O–H groups in total. The van der Waals surface area contributed by atoms with Crippen molar-refractivity contribution in [1.82, 2.24) is 0 Å². The van der Waals surface area contributed by atoms with Crippen LogP contribution in [0.4, 0.5) is 5.88 Å². The molecule has 164 valence electrons.